The molecule has 0 aliphatic carbocycles. The molecule has 0 saturated carbocycles. The van der Waals surface area contributed by atoms with Crippen molar-refractivity contribution >= 4 is 40.5 Å². The zero-order valence-electron chi connectivity index (χ0n) is 15.7. The number of hydrogen-bond donors (Lipinski definition) is 1. The summed E-state index contributed by atoms with van der Waals surface area (Å²) in [4.78, 5) is 29.8. The fourth-order valence-electron chi connectivity index (χ4n) is 2.52. The molecule has 1 aromatic heterocycles. The number of rotatable bonds is 5. The highest BCUT2D eigenvalue weighted by molar-refractivity contribution is 7.17. The van der Waals surface area contributed by atoms with Crippen molar-refractivity contribution in [2.24, 2.45) is 0 Å². The van der Waals surface area contributed by atoms with Gasteiger partial charge in [-0.1, -0.05) is 48.0 Å². The lowest BCUT2D eigenvalue weighted by Crippen LogP contribution is -2.30. The van der Waals surface area contributed by atoms with E-state index in [0.717, 1.165) is 16.1 Å². The van der Waals surface area contributed by atoms with Crippen molar-refractivity contribution in [2.45, 2.75) is 26.9 Å². The smallest absolute Gasteiger partial charge is 0.351 e. The van der Waals surface area contributed by atoms with Gasteiger partial charge in [-0.05, 0) is 38.5 Å². The molecule has 144 valence electrons. The fourth-order valence-corrected chi connectivity index (χ4v) is 3.65. The molecule has 2 aromatic carbocycles. The number of nitrogens with one attached hydrogen (secondary N) is 1. The summed E-state index contributed by atoms with van der Waals surface area (Å²) < 4.78 is 5.36. The Labute approximate surface area is 172 Å². The third-order valence-corrected chi connectivity index (χ3v) is 5.53. The average Bonchev–Trinajstić information content (AvgIpc) is 3.07. The van der Waals surface area contributed by atoms with E-state index in [2.05, 4.69) is 10.3 Å². The second kappa shape index (κ2) is 8.54. The number of carbonyl (C=O) groups excluding carboxylic acids is 2. The molecule has 0 aliphatic heterocycles. The van der Waals surface area contributed by atoms with Crippen LogP contribution in [0.4, 0.5) is 5.69 Å². The summed E-state index contributed by atoms with van der Waals surface area (Å²) in [7, 11) is 0. The van der Waals surface area contributed by atoms with Crippen LogP contribution in [-0.2, 0) is 9.53 Å². The summed E-state index contributed by atoms with van der Waals surface area (Å²) in [6.07, 6.45) is -0.965. The normalized spacial score (nSPS) is 11.7. The minimum absolute atomic E-state index is 0.387. The van der Waals surface area contributed by atoms with Gasteiger partial charge in [0.2, 0.25) is 0 Å². The van der Waals surface area contributed by atoms with Gasteiger partial charge < -0.3 is 10.1 Å². The number of aryl methyl sites for hydroxylation is 2. The molecule has 0 radical (unpaired) electrons. The Hall–Kier alpha value is -2.70. The van der Waals surface area contributed by atoms with E-state index in [1.165, 1.54) is 18.3 Å². The number of amides is 1. The van der Waals surface area contributed by atoms with Crippen LogP contribution in [0.15, 0.2) is 48.5 Å². The molecule has 0 unspecified atom stereocenters. The maximum absolute atomic E-state index is 12.5. The molecule has 0 saturated heterocycles. The van der Waals surface area contributed by atoms with Crippen LogP contribution in [0.2, 0.25) is 5.02 Å². The van der Waals surface area contributed by atoms with E-state index >= 15 is 0 Å². The number of ether oxygens (including phenoxy) is 1. The summed E-state index contributed by atoms with van der Waals surface area (Å²) in [6, 6.07) is 14.8. The van der Waals surface area contributed by atoms with Crippen LogP contribution >= 0.6 is 22.9 Å². The van der Waals surface area contributed by atoms with Crippen molar-refractivity contribution in [1.82, 2.24) is 4.98 Å². The van der Waals surface area contributed by atoms with Crippen molar-refractivity contribution in [3.63, 3.8) is 0 Å². The first-order valence-electron chi connectivity index (χ1n) is 8.66. The molecule has 1 atom stereocenters. The zero-order chi connectivity index (χ0) is 20.3. The number of anilines is 1. The summed E-state index contributed by atoms with van der Waals surface area (Å²) >= 11 is 7.22. The Morgan fingerprint density at radius 2 is 1.86 bits per heavy atom. The van der Waals surface area contributed by atoms with Gasteiger partial charge in [0, 0.05) is 16.3 Å². The van der Waals surface area contributed by atoms with Crippen LogP contribution in [-0.4, -0.2) is 23.0 Å². The summed E-state index contributed by atoms with van der Waals surface area (Å²) in [5.41, 5.74) is 2.95. The number of carbonyl (C=O) groups is 2. The fraction of sp³-hybridized carbons (Fsp3) is 0.190. The highest BCUT2D eigenvalue weighted by Crippen LogP contribution is 2.28. The van der Waals surface area contributed by atoms with Gasteiger partial charge in [-0.2, -0.15) is 0 Å². The van der Waals surface area contributed by atoms with Gasteiger partial charge in [0.05, 0.1) is 5.69 Å². The SMILES string of the molecule is Cc1ccc(Cl)cc1NC(=O)[C@@H](C)OC(=O)c1sc(-c2ccccc2)nc1C. The molecule has 0 bridgehead atoms. The minimum atomic E-state index is -0.965. The van der Waals surface area contributed by atoms with Crippen molar-refractivity contribution in [3.05, 3.63) is 69.7 Å². The van der Waals surface area contributed by atoms with E-state index in [0.29, 0.717) is 21.3 Å². The lowest BCUT2D eigenvalue weighted by Gasteiger charge is -2.14. The Balaban J connectivity index is 1.69. The van der Waals surface area contributed by atoms with Crippen LogP contribution in [0.3, 0.4) is 0 Å². The average molecular weight is 415 g/mol. The molecule has 0 spiro atoms. The van der Waals surface area contributed by atoms with E-state index in [9.17, 15) is 9.59 Å². The van der Waals surface area contributed by atoms with Gasteiger partial charge in [0.1, 0.15) is 9.88 Å². The summed E-state index contributed by atoms with van der Waals surface area (Å²) in [6.45, 7) is 5.13. The largest absolute Gasteiger partial charge is 0.448 e. The first-order chi connectivity index (χ1) is 13.3. The van der Waals surface area contributed by atoms with Crippen LogP contribution in [0.25, 0.3) is 10.6 Å². The van der Waals surface area contributed by atoms with E-state index in [4.69, 9.17) is 16.3 Å². The lowest BCUT2D eigenvalue weighted by molar-refractivity contribution is -0.123. The molecular weight excluding hydrogens is 396 g/mol. The Morgan fingerprint density at radius 1 is 1.14 bits per heavy atom. The minimum Gasteiger partial charge on any atom is -0.448 e. The van der Waals surface area contributed by atoms with E-state index in [1.807, 2.05) is 37.3 Å². The number of halogens is 1. The molecule has 5 nitrogen and oxygen atoms in total. The number of hydrogen-bond acceptors (Lipinski definition) is 5. The van der Waals surface area contributed by atoms with Crippen LogP contribution in [0.1, 0.15) is 27.9 Å². The number of esters is 1. The number of thiazole rings is 1. The van der Waals surface area contributed by atoms with Crippen LogP contribution in [0.5, 0.6) is 0 Å². The van der Waals surface area contributed by atoms with Gasteiger partial charge in [0.15, 0.2) is 6.10 Å². The second-order valence-electron chi connectivity index (χ2n) is 6.30. The summed E-state index contributed by atoms with van der Waals surface area (Å²) in [5.74, 6) is -0.994. The first kappa shape index (κ1) is 20.0. The predicted molar refractivity (Wildman–Crippen MR) is 112 cm³/mol. The molecular formula is C21H19ClN2O3S. The first-order valence-corrected chi connectivity index (χ1v) is 9.85. The number of nitrogens with zero attached hydrogens (tertiary/aromatic N) is 1. The Morgan fingerprint density at radius 3 is 2.57 bits per heavy atom. The van der Waals surface area contributed by atoms with Gasteiger partial charge in [-0.3, -0.25) is 4.79 Å². The Kier molecular flexibility index (Phi) is 6.11. The molecule has 1 amide bonds. The maximum atomic E-state index is 12.5. The standard InChI is InChI=1S/C21H19ClN2O3S/c1-12-9-10-16(22)11-17(12)24-19(25)14(3)27-21(26)18-13(2)23-20(28-18)15-7-5-4-6-8-15/h4-11,14H,1-3H3,(H,24,25)/t14-/m1/s1. The zero-order valence-corrected chi connectivity index (χ0v) is 17.2. The lowest BCUT2D eigenvalue weighted by atomic mass is 10.2. The molecule has 3 rings (SSSR count). The van der Waals surface area contributed by atoms with Gasteiger partial charge >= 0.3 is 5.97 Å². The van der Waals surface area contributed by atoms with Gasteiger partial charge in [-0.15, -0.1) is 11.3 Å². The summed E-state index contributed by atoms with van der Waals surface area (Å²) in [5, 5.41) is 3.99. The van der Waals surface area contributed by atoms with Gasteiger partial charge in [0.25, 0.3) is 5.91 Å². The number of aromatic nitrogens is 1. The second-order valence-corrected chi connectivity index (χ2v) is 7.73. The molecule has 28 heavy (non-hydrogen) atoms. The molecule has 7 heteroatoms. The molecule has 1 heterocycles. The predicted octanol–water partition coefficient (Wildman–Crippen LogP) is 5.26. The van der Waals surface area contributed by atoms with Crippen molar-refractivity contribution in [1.29, 1.82) is 0 Å². The van der Waals surface area contributed by atoms with Crippen molar-refractivity contribution in [2.75, 3.05) is 5.32 Å². The molecule has 1 N–H and O–H groups in total. The highest BCUT2D eigenvalue weighted by Gasteiger charge is 2.23. The highest BCUT2D eigenvalue weighted by atomic mass is 35.5. The molecule has 0 fully saturated rings. The van der Waals surface area contributed by atoms with Crippen LogP contribution in [0, 0.1) is 13.8 Å². The van der Waals surface area contributed by atoms with Gasteiger partial charge in [-0.25, -0.2) is 9.78 Å². The molecule has 3 aromatic rings. The quantitative estimate of drug-likeness (QED) is 0.578. The molecule has 0 aliphatic rings. The van der Waals surface area contributed by atoms with Crippen LogP contribution < -0.4 is 5.32 Å². The third-order valence-electron chi connectivity index (χ3n) is 4.11. The topological polar surface area (TPSA) is 68.3 Å². The maximum Gasteiger partial charge on any atom is 0.351 e. The Bertz CT molecular complexity index is 1020. The van der Waals surface area contributed by atoms with E-state index < -0.39 is 18.0 Å². The monoisotopic (exact) mass is 414 g/mol. The third kappa shape index (κ3) is 4.58. The number of benzene rings is 2. The van der Waals surface area contributed by atoms with E-state index in [-0.39, 0.29) is 0 Å². The van der Waals surface area contributed by atoms with Crippen molar-refractivity contribution in [3.8, 4) is 10.6 Å². The van der Waals surface area contributed by atoms with Crippen molar-refractivity contribution < 1.29 is 14.3 Å². The van der Waals surface area contributed by atoms with E-state index in [1.54, 1.807) is 25.1 Å².